The third-order valence-electron chi connectivity index (χ3n) is 3.83. The summed E-state index contributed by atoms with van der Waals surface area (Å²) >= 11 is 0. The van der Waals surface area contributed by atoms with Gasteiger partial charge in [0.25, 0.3) is 5.91 Å². The van der Waals surface area contributed by atoms with Crippen molar-refractivity contribution in [3.8, 4) is 11.8 Å². The summed E-state index contributed by atoms with van der Waals surface area (Å²) in [6.07, 6.45) is 0.287. The van der Waals surface area contributed by atoms with Crippen LogP contribution in [0.2, 0.25) is 0 Å². The lowest BCUT2D eigenvalue weighted by Crippen LogP contribution is -2.31. The van der Waals surface area contributed by atoms with Crippen LogP contribution >= 0.6 is 0 Å². The van der Waals surface area contributed by atoms with Crippen LogP contribution in [0.1, 0.15) is 27.9 Å². The second-order valence-electron chi connectivity index (χ2n) is 5.36. The van der Waals surface area contributed by atoms with E-state index in [0.717, 1.165) is 11.3 Å². The maximum Gasteiger partial charge on any atom is 0.258 e. The number of methoxy groups -OCH3 is 1. The van der Waals surface area contributed by atoms with E-state index in [0.29, 0.717) is 17.9 Å². The van der Waals surface area contributed by atoms with Crippen LogP contribution in [0, 0.1) is 25.2 Å². The number of nitrogens with zero attached hydrogens (tertiary/aromatic N) is 2. The monoisotopic (exact) mass is 308 g/mol. The molecule has 0 unspecified atom stereocenters. The third kappa shape index (κ3) is 3.89. The van der Waals surface area contributed by atoms with Gasteiger partial charge in [-0.25, -0.2) is 0 Å². The van der Waals surface area contributed by atoms with Gasteiger partial charge in [-0.1, -0.05) is 6.07 Å². The van der Waals surface area contributed by atoms with Gasteiger partial charge in [-0.15, -0.1) is 0 Å². The highest BCUT2D eigenvalue weighted by Crippen LogP contribution is 2.22. The Morgan fingerprint density at radius 3 is 2.39 bits per heavy atom. The molecule has 0 heterocycles. The fourth-order valence-electron chi connectivity index (χ4n) is 2.29. The summed E-state index contributed by atoms with van der Waals surface area (Å²) < 4.78 is 5.12. The number of anilines is 1. The van der Waals surface area contributed by atoms with Crippen molar-refractivity contribution < 1.29 is 9.53 Å². The number of carbonyl (C=O) groups is 1. The number of hydrogen-bond donors (Lipinski definition) is 0. The molecule has 0 aliphatic carbocycles. The van der Waals surface area contributed by atoms with Gasteiger partial charge >= 0.3 is 0 Å². The van der Waals surface area contributed by atoms with E-state index in [1.54, 1.807) is 36.3 Å². The van der Waals surface area contributed by atoms with Crippen LogP contribution < -0.4 is 9.64 Å². The van der Waals surface area contributed by atoms with Gasteiger partial charge in [0.1, 0.15) is 5.75 Å². The van der Waals surface area contributed by atoms with E-state index >= 15 is 0 Å². The predicted octanol–water partition coefficient (Wildman–Crippen LogP) is 3.87. The summed E-state index contributed by atoms with van der Waals surface area (Å²) in [6.45, 7) is 4.41. The Morgan fingerprint density at radius 2 is 1.83 bits per heavy atom. The van der Waals surface area contributed by atoms with E-state index in [2.05, 4.69) is 6.07 Å². The van der Waals surface area contributed by atoms with Crippen LogP contribution in [-0.2, 0) is 0 Å². The van der Waals surface area contributed by atoms with Crippen molar-refractivity contribution in [1.82, 2.24) is 0 Å². The molecule has 2 rings (SSSR count). The van der Waals surface area contributed by atoms with Crippen LogP contribution in [0.15, 0.2) is 42.5 Å². The minimum atomic E-state index is -0.119. The second kappa shape index (κ2) is 7.46. The number of hydrogen-bond acceptors (Lipinski definition) is 3. The number of carbonyl (C=O) groups excluding carboxylic acids is 1. The number of benzene rings is 2. The lowest BCUT2D eigenvalue weighted by atomic mass is 10.1. The van der Waals surface area contributed by atoms with Crippen LogP contribution in [-0.4, -0.2) is 19.6 Å². The first-order valence-electron chi connectivity index (χ1n) is 7.47. The zero-order valence-corrected chi connectivity index (χ0v) is 13.7. The van der Waals surface area contributed by atoms with Crippen LogP contribution in [0.25, 0.3) is 0 Å². The molecule has 0 spiro atoms. The van der Waals surface area contributed by atoms with Crippen molar-refractivity contribution in [3.63, 3.8) is 0 Å². The number of aryl methyl sites for hydroxylation is 2. The zero-order valence-electron chi connectivity index (χ0n) is 13.7. The molecule has 0 N–H and O–H groups in total. The summed E-state index contributed by atoms with van der Waals surface area (Å²) in [5.74, 6) is 0.586. The average molecular weight is 308 g/mol. The normalized spacial score (nSPS) is 10.0. The van der Waals surface area contributed by atoms with Crippen molar-refractivity contribution in [3.05, 3.63) is 59.2 Å². The SMILES string of the molecule is COc1ccc(C(=O)N(CCC#N)c2ccc(C)c(C)c2)cc1. The van der Waals surface area contributed by atoms with Crippen molar-refractivity contribution in [2.24, 2.45) is 0 Å². The summed E-state index contributed by atoms with van der Waals surface area (Å²) in [5, 5.41) is 8.88. The van der Waals surface area contributed by atoms with E-state index in [9.17, 15) is 4.79 Å². The molecule has 0 aliphatic heterocycles. The molecule has 0 atom stereocenters. The van der Waals surface area contributed by atoms with Crippen LogP contribution in [0.4, 0.5) is 5.69 Å². The fraction of sp³-hybridized carbons (Fsp3) is 0.263. The summed E-state index contributed by atoms with van der Waals surface area (Å²) in [7, 11) is 1.59. The molecule has 0 aromatic heterocycles. The molecule has 0 radical (unpaired) electrons. The molecular weight excluding hydrogens is 288 g/mol. The van der Waals surface area contributed by atoms with E-state index < -0.39 is 0 Å². The quantitative estimate of drug-likeness (QED) is 0.842. The Morgan fingerprint density at radius 1 is 1.13 bits per heavy atom. The number of amides is 1. The largest absolute Gasteiger partial charge is 0.497 e. The van der Waals surface area contributed by atoms with E-state index in [-0.39, 0.29) is 12.3 Å². The highest BCUT2D eigenvalue weighted by molar-refractivity contribution is 6.06. The van der Waals surface area contributed by atoms with Gasteiger partial charge in [0, 0.05) is 17.8 Å². The molecule has 118 valence electrons. The van der Waals surface area contributed by atoms with E-state index in [1.165, 1.54) is 5.56 Å². The number of nitriles is 1. The van der Waals surface area contributed by atoms with Gasteiger partial charge < -0.3 is 9.64 Å². The molecule has 1 amide bonds. The topological polar surface area (TPSA) is 53.3 Å². The molecule has 4 nitrogen and oxygen atoms in total. The van der Waals surface area contributed by atoms with Gasteiger partial charge in [0.05, 0.1) is 19.6 Å². The van der Waals surface area contributed by atoms with Gasteiger partial charge in [0.15, 0.2) is 0 Å². The van der Waals surface area contributed by atoms with Crippen molar-refractivity contribution in [1.29, 1.82) is 5.26 Å². The predicted molar refractivity (Wildman–Crippen MR) is 90.8 cm³/mol. The Hall–Kier alpha value is -2.80. The molecular formula is C19H20N2O2. The maximum absolute atomic E-state index is 12.8. The minimum Gasteiger partial charge on any atom is -0.497 e. The smallest absolute Gasteiger partial charge is 0.258 e. The van der Waals surface area contributed by atoms with Gasteiger partial charge in [-0.05, 0) is 61.4 Å². The van der Waals surface area contributed by atoms with E-state index in [1.807, 2.05) is 32.0 Å². The first-order chi connectivity index (χ1) is 11.1. The first kappa shape index (κ1) is 16.6. The molecule has 4 heteroatoms. The van der Waals surface area contributed by atoms with Crippen molar-refractivity contribution >= 4 is 11.6 Å². The summed E-state index contributed by atoms with van der Waals surface area (Å²) in [6, 6.07) is 15.0. The molecule has 2 aromatic carbocycles. The molecule has 0 bridgehead atoms. The molecule has 0 saturated carbocycles. The Labute approximate surface area is 136 Å². The summed E-state index contributed by atoms with van der Waals surface area (Å²) in [5.41, 5.74) is 3.67. The molecule has 2 aromatic rings. The van der Waals surface area contributed by atoms with Gasteiger partial charge in [0.2, 0.25) is 0 Å². The Balaban J connectivity index is 2.34. The lowest BCUT2D eigenvalue weighted by molar-refractivity contribution is 0.0987. The van der Waals surface area contributed by atoms with Gasteiger partial charge in [-0.3, -0.25) is 4.79 Å². The number of ether oxygens (including phenoxy) is 1. The Kier molecular flexibility index (Phi) is 5.37. The molecule has 23 heavy (non-hydrogen) atoms. The standard InChI is InChI=1S/C19H20N2O2/c1-14-5-8-17(13-15(14)2)21(12-4-11-20)19(22)16-6-9-18(23-3)10-7-16/h5-10,13H,4,12H2,1-3H3. The molecule has 0 fully saturated rings. The average Bonchev–Trinajstić information content (AvgIpc) is 2.58. The highest BCUT2D eigenvalue weighted by atomic mass is 16.5. The van der Waals surface area contributed by atoms with E-state index in [4.69, 9.17) is 10.00 Å². The Bertz CT molecular complexity index is 730. The lowest BCUT2D eigenvalue weighted by Gasteiger charge is -2.23. The number of rotatable bonds is 5. The van der Waals surface area contributed by atoms with Crippen LogP contribution in [0.3, 0.4) is 0 Å². The summed E-state index contributed by atoms with van der Waals surface area (Å²) in [4.78, 5) is 14.5. The van der Waals surface area contributed by atoms with Gasteiger partial charge in [-0.2, -0.15) is 5.26 Å². The second-order valence-corrected chi connectivity index (χ2v) is 5.36. The zero-order chi connectivity index (χ0) is 16.8. The molecule has 0 saturated heterocycles. The third-order valence-corrected chi connectivity index (χ3v) is 3.83. The maximum atomic E-state index is 12.8. The van der Waals surface area contributed by atoms with Crippen LogP contribution in [0.5, 0.6) is 5.75 Å². The molecule has 0 aliphatic rings. The highest BCUT2D eigenvalue weighted by Gasteiger charge is 2.18. The fourth-order valence-corrected chi connectivity index (χ4v) is 2.29. The van der Waals surface area contributed by atoms with Crippen molar-refractivity contribution in [2.75, 3.05) is 18.6 Å². The minimum absolute atomic E-state index is 0.119. The van der Waals surface area contributed by atoms with Crippen molar-refractivity contribution in [2.45, 2.75) is 20.3 Å². The first-order valence-corrected chi connectivity index (χ1v) is 7.47.